The number of nitrogens with zero attached hydrogens (tertiary/aromatic N) is 1. The fourth-order valence-corrected chi connectivity index (χ4v) is 3.56. The van der Waals surface area contributed by atoms with E-state index < -0.39 is 0 Å². The summed E-state index contributed by atoms with van der Waals surface area (Å²) in [5, 5.41) is 13.0. The molecule has 1 fully saturated rings. The van der Waals surface area contributed by atoms with Crippen LogP contribution in [0, 0.1) is 5.41 Å². The lowest BCUT2D eigenvalue weighted by Gasteiger charge is -2.39. The minimum Gasteiger partial charge on any atom is -0.395 e. The summed E-state index contributed by atoms with van der Waals surface area (Å²) < 4.78 is 0. The van der Waals surface area contributed by atoms with E-state index in [0.717, 1.165) is 19.6 Å². The van der Waals surface area contributed by atoms with Crippen molar-refractivity contribution in [3.05, 3.63) is 0 Å². The number of aliphatic hydroxyl groups is 1. The van der Waals surface area contributed by atoms with E-state index in [4.69, 9.17) is 0 Å². The minimum atomic E-state index is 0.288. The van der Waals surface area contributed by atoms with Gasteiger partial charge < -0.3 is 10.4 Å². The van der Waals surface area contributed by atoms with Gasteiger partial charge in [0.2, 0.25) is 0 Å². The van der Waals surface area contributed by atoms with Gasteiger partial charge in [0.15, 0.2) is 0 Å². The van der Waals surface area contributed by atoms with Crippen LogP contribution >= 0.6 is 0 Å². The van der Waals surface area contributed by atoms with Crippen LogP contribution < -0.4 is 5.32 Å². The zero-order valence-electron chi connectivity index (χ0n) is 14.1. The molecule has 3 nitrogen and oxygen atoms in total. The molecule has 0 aromatic rings. The van der Waals surface area contributed by atoms with Crippen molar-refractivity contribution in [1.29, 1.82) is 0 Å². The summed E-state index contributed by atoms with van der Waals surface area (Å²) in [5.74, 6) is 0. The number of hydrogen-bond donors (Lipinski definition) is 2. The van der Waals surface area contributed by atoms with Crippen molar-refractivity contribution in [2.24, 2.45) is 5.41 Å². The van der Waals surface area contributed by atoms with Crippen LogP contribution in [-0.4, -0.2) is 48.3 Å². The van der Waals surface area contributed by atoms with Gasteiger partial charge in [-0.3, -0.25) is 4.90 Å². The monoisotopic (exact) mass is 284 g/mol. The largest absolute Gasteiger partial charge is 0.395 e. The Morgan fingerprint density at radius 2 is 1.95 bits per heavy atom. The third-order valence-electron chi connectivity index (χ3n) is 4.60. The summed E-state index contributed by atoms with van der Waals surface area (Å²) in [6.45, 7) is 12.4. The Hall–Kier alpha value is -0.120. The second-order valence-corrected chi connectivity index (χ2v) is 7.23. The molecule has 1 saturated carbocycles. The van der Waals surface area contributed by atoms with Gasteiger partial charge in [-0.15, -0.1) is 0 Å². The molecular weight excluding hydrogens is 248 g/mol. The van der Waals surface area contributed by atoms with Gasteiger partial charge in [-0.2, -0.15) is 0 Å². The number of aliphatic hydroxyl groups excluding tert-OH is 1. The first-order valence-corrected chi connectivity index (χ1v) is 8.59. The zero-order chi connectivity index (χ0) is 15.0. The molecule has 120 valence electrons. The molecule has 2 N–H and O–H groups in total. The molecule has 0 radical (unpaired) electrons. The van der Waals surface area contributed by atoms with Crippen molar-refractivity contribution in [3.63, 3.8) is 0 Å². The number of rotatable bonds is 10. The van der Waals surface area contributed by atoms with Crippen LogP contribution in [0.5, 0.6) is 0 Å². The average Bonchev–Trinajstić information content (AvgIpc) is 2.90. The molecule has 1 aliphatic carbocycles. The molecule has 1 aliphatic rings. The molecule has 0 saturated heterocycles. The third kappa shape index (κ3) is 6.11. The summed E-state index contributed by atoms with van der Waals surface area (Å²) in [7, 11) is 0. The Kier molecular flexibility index (Phi) is 8.08. The quantitative estimate of drug-likeness (QED) is 0.647. The fraction of sp³-hybridized carbons (Fsp3) is 1.00. The lowest BCUT2D eigenvalue weighted by Crippen LogP contribution is -2.47. The Morgan fingerprint density at radius 3 is 2.45 bits per heavy atom. The van der Waals surface area contributed by atoms with E-state index in [1.54, 1.807) is 0 Å². The molecule has 0 aliphatic heterocycles. The third-order valence-corrected chi connectivity index (χ3v) is 4.60. The molecule has 1 rings (SSSR count). The summed E-state index contributed by atoms with van der Waals surface area (Å²) in [5.41, 5.74) is 0.316. The summed E-state index contributed by atoms with van der Waals surface area (Å²) in [4.78, 5) is 2.56. The van der Waals surface area contributed by atoms with E-state index in [9.17, 15) is 5.11 Å². The molecule has 20 heavy (non-hydrogen) atoms. The van der Waals surface area contributed by atoms with E-state index in [-0.39, 0.29) is 6.61 Å². The Labute approximate surface area is 126 Å². The van der Waals surface area contributed by atoms with E-state index in [0.29, 0.717) is 17.5 Å². The standard InChI is InChI=1S/C17H36N2O/c1-5-10-17(4,13-18-15(2)3)14-19(11-12-20)16-8-6-7-9-16/h15-16,18,20H,5-14H2,1-4H3. The molecule has 0 amide bonds. The maximum Gasteiger partial charge on any atom is 0.0558 e. The molecule has 0 bridgehead atoms. The van der Waals surface area contributed by atoms with Gasteiger partial charge in [-0.1, -0.05) is 47.0 Å². The Bertz CT molecular complexity index is 251. The SMILES string of the molecule is CCCC(C)(CNC(C)C)CN(CCO)C1CCCC1. The van der Waals surface area contributed by atoms with Crippen LogP contribution in [0.1, 0.15) is 66.2 Å². The van der Waals surface area contributed by atoms with Crippen molar-refractivity contribution >= 4 is 0 Å². The van der Waals surface area contributed by atoms with Gasteiger partial charge in [-0.05, 0) is 24.7 Å². The van der Waals surface area contributed by atoms with E-state index in [1.807, 2.05) is 0 Å². The van der Waals surface area contributed by atoms with E-state index in [2.05, 4.69) is 37.9 Å². The molecule has 0 spiro atoms. The lowest BCUT2D eigenvalue weighted by molar-refractivity contribution is 0.0889. The summed E-state index contributed by atoms with van der Waals surface area (Å²) in [6, 6.07) is 1.25. The second-order valence-electron chi connectivity index (χ2n) is 7.23. The molecular formula is C17H36N2O. The smallest absolute Gasteiger partial charge is 0.0558 e. The highest BCUT2D eigenvalue weighted by Crippen LogP contribution is 2.29. The van der Waals surface area contributed by atoms with Crippen LogP contribution in [0.25, 0.3) is 0 Å². The fourth-order valence-electron chi connectivity index (χ4n) is 3.56. The lowest BCUT2D eigenvalue weighted by atomic mass is 9.84. The van der Waals surface area contributed by atoms with Crippen molar-refractivity contribution in [2.75, 3.05) is 26.2 Å². The van der Waals surface area contributed by atoms with Crippen LogP contribution in [-0.2, 0) is 0 Å². The normalized spacial score (nSPS) is 19.9. The highest BCUT2D eigenvalue weighted by atomic mass is 16.3. The molecule has 0 heterocycles. The van der Waals surface area contributed by atoms with Gasteiger partial charge in [0.1, 0.15) is 0 Å². The number of nitrogens with one attached hydrogen (secondary N) is 1. The van der Waals surface area contributed by atoms with Crippen molar-refractivity contribution in [3.8, 4) is 0 Å². The van der Waals surface area contributed by atoms with E-state index in [1.165, 1.54) is 38.5 Å². The first-order chi connectivity index (χ1) is 9.50. The van der Waals surface area contributed by atoms with Crippen LogP contribution in [0.2, 0.25) is 0 Å². The molecule has 0 aromatic carbocycles. The Morgan fingerprint density at radius 1 is 1.30 bits per heavy atom. The Balaban J connectivity index is 2.62. The maximum atomic E-state index is 9.38. The van der Waals surface area contributed by atoms with Crippen molar-refractivity contribution in [2.45, 2.75) is 78.3 Å². The van der Waals surface area contributed by atoms with E-state index >= 15 is 0 Å². The second kappa shape index (κ2) is 9.01. The minimum absolute atomic E-state index is 0.288. The topological polar surface area (TPSA) is 35.5 Å². The molecule has 0 aromatic heterocycles. The van der Waals surface area contributed by atoms with Crippen LogP contribution in [0.15, 0.2) is 0 Å². The van der Waals surface area contributed by atoms with Gasteiger partial charge in [0.05, 0.1) is 6.61 Å². The molecule has 1 unspecified atom stereocenters. The van der Waals surface area contributed by atoms with Gasteiger partial charge >= 0.3 is 0 Å². The predicted octanol–water partition coefficient (Wildman–Crippen LogP) is 3.03. The van der Waals surface area contributed by atoms with Gasteiger partial charge in [0.25, 0.3) is 0 Å². The van der Waals surface area contributed by atoms with Gasteiger partial charge in [0, 0.05) is 31.7 Å². The maximum absolute atomic E-state index is 9.38. The highest BCUT2D eigenvalue weighted by Gasteiger charge is 2.30. The summed E-state index contributed by atoms with van der Waals surface area (Å²) in [6.07, 6.45) is 7.84. The van der Waals surface area contributed by atoms with Crippen LogP contribution in [0.3, 0.4) is 0 Å². The predicted molar refractivity (Wildman–Crippen MR) is 87.1 cm³/mol. The molecule has 3 heteroatoms. The van der Waals surface area contributed by atoms with Crippen molar-refractivity contribution < 1.29 is 5.11 Å². The highest BCUT2D eigenvalue weighted by molar-refractivity contribution is 4.86. The van der Waals surface area contributed by atoms with Crippen molar-refractivity contribution in [1.82, 2.24) is 10.2 Å². The first-order valence-electron chi connectivity index (χ1n) is 8.59. The van der Waals surface area contributed by atoms with Gasteiger partial charge in [-0.25, -0.2) is 0 Å². The zero-order valence-corrected chi connectivity index (χ0v) is 14.1. The average molecular weight is 284 g/mol. The summed E-state index contributed by atoms with van der Waals surface area (Å²) >= 11 is 0. The van der Waals surface area contributed by atoms with Crippen LogP contribution in [0.4, 0.5) is 0 Å². The molecule has 1 atom stereocenters. The number of hydrogen-bond acceptors (Lipinski definition) is 3. The first kappa shape index (κ1) is 17.9.